The average Bonchev–Trinajstić information content (AvgIpc) is 3.49. The number of hydrogen-bond donors (Lipinski definition) is 2. The quantitative estimate of drug-likeness (QED) is 0.346. The summed E-state index contributed by atoms with van der Waals surface area (Å²) in [5, 5.41) is 9.42. The number of hydrazine groups is 1. The summed E-state index contributed by atoms with van der Waals surface area (Å²) in [5.41, 5.74) is 8.67. The number of carbonyl (C=O) groups excluding carboxylic acids is 2. The van der Waals surface area contributed by atoms with Gasteiger partial charge in [-0.3, -0.25) is 20.4 Å². The first kappa shape index (κ1) is 23.7. The van der Waals surface area contributed by atoms with E-state index in [4.69, 9.17) is 4.74 Å². The predicted molar refractivity (Wildman–Crippen MR) is 136 cm³/mol. The fraction of sp³-hybridized carbons (Fsp3) is 0.154. The number of amides is 2. The van der Waals surface area contributed by atoms with Gasteiger partial charge in [0.2, 0.25) is 11.7 Å². The van der Waals surface area contributed by atoms with Gasteiger partial charge in [0.25, 0.3) is 5.91 Å². The molecule has 0 spiro atoms. The Hall–Kier alpha value is -5.06. The zero-order chi connectivity index (χ0) is 25.9. The van der Waals surface area contributed by atoms with Crippen LogP contribution in [-0.2, 0) is 11.8 Å². The molecule has 186 valence electrons. The number of carbonyl (C=O) groups is 2. The Morgan fingerprint density at radius 3 is 2.35 bits per heavy atom. The first-order valence-electron chi connectivity index (χ1n) is 11.5. The zero-order valence-corrected chi connectivity index (χ0v) is 20.5. The zero-order valence-electron chi connectivity index (χ0n) is 20.5. The average molecular weight is 497 g/mol. The van der Waals surface area contributed by atoms with Gasteiger partial charge >= 0.3 is 5.91 Å². The molecule has 0 saturated carbocycles. The topological polar surface area (TPSA) is 129 Å². The van der Waals surface area contributed by atoms with Crippen molar-refractivity contribution in [1.29, 1.82) is 0 Å². The van der Waals surface area contributed by atoms with Gasteiger partial charge in [0.1, 0.15) is 0 Å². The van der Waals surface area contributed by atoms with Gasteiger partial charge in [-0.2, -0.15) is 0 Å². The molecule has 11 heteroatoms. The third-order valence-electron chi connectivity index (χ3n) is 5.59. The second-order valence-electron chi connectivity index (χ2n) is 8.37. The Morgan fingerprint density at radius 1 is 0.919 bits per heavy atom. The molecule has 0 radical (unpaired) electrons. The van der Waals surface area contributed by atoms with Gasteiger partial charge in [0, 0.05) is 18.3 Å². The van der Waals surface area contributed by atoms with Crippen molar-refractivity contribution in [1.82, 2.24) is 40.4 Å². The summed E-state index contributed by atoms with van der Waals surface area (Å²) in [6.07, 6.45) is 0. The van der Waals surface area contributed by atoms with E-state index in [9.17, 15) is 9.59 Å². The summed E-state index contributed by atoms with van der Waals surface area (Å²) in [6, 6.07) is 20.7. The number of aryl methyl sites for hydroxylation is 3. The van der Waals surface area contributed by atoms with Crippen LogP contribution in [0.4, 0.5) is 0 Å². The third-order valence-corrected chi connectivity index (χ3v) is 5.59. The molecule has 2 aromatic carbocycles. The molecule has 0 atom stereocenters. The molecule has 3 aromatic heterocycles. The minimum Gasteiger partial charge on any atom is -0.466 e. The van der Waals surface area contributed by atoms with Crippen LogP contribution in [0.1, 0.15) is 21.9 Å². The van der Waals surface area contributed by atoms with Crippen molar-refractivity contribution in [3.63, 3.8) is 0 Å². The second kappa shape index (κ2) is 9.90. The van der Waals surface area contributed by atoms with Crippen molar-refractivity contribution in [2.75, 3.05) is 6.61 Å². The van der Waals surface area contributed by atoms with E-state index in [-0.39, 0.29) is 12.4 Å². The molecule has 0 aliphatic rings. The Kier molecular flexibility index (Phi) is 6.33. The number of pyridine rings is 1. The van der Waals surface area contributed by atoms with Crippen molar-refractivity contribution < 1.29 is 14.3 Å². The third kappa shape index (κ3) is 4.87. The molecule has 0 aliphatic heterocycles. The number of benzene rings is 2. The Balaban J connectivity index is 1.28. The lowest BCUT2D eigenvalue weighted by molar-refractivity contribution is -0.123. The van der Waals surface area contributed by atoms with Gasteiger partial charge in [0.05, 0.1) is 11.1 Å². The number of ether oxygens (including phenoxy) is 1. The maximum Gasteiger partial charge on any atom is 0.309 e. The van der Waals surface area contributed by atoms with Crippen molar-refractivity contribution in [2.45, 2.75) is 13.8 Å². The largest absolute Gasteiger partial charge is 0.466 e. The van der Waals surface area contributed by atoms with Gasteiger partial charge < -0.3 is 4.74 Å². The van der Waals surface area contributed by atoms with E-state index in [1.807, 2.05) is 80.6 Å². The standard InChI is InChI=1S/C26H24N8O3/c1-16-14-17(2)27-24-21(16)26(32-33(24)3)37-15-20(35)29-30-25(36)22-28-23(18-10-6-4-7-11-18)34(31-22)19-12-8-5-9-13-19/h4-14H,15H2,1-3H3,(H,29,35)(H,30,36). The second-order valence-corrected chi connectivity index (χ2v) is 8.37. The van der Waals surface area contributed by atoms with Crippen molar-refractivity contribution in [2.24, 2.45) is 7.05 Å². The van der Waals surface area contributed by atoms with Gasteiger partial charge in [-0.25, -0.2) is 19.3 Å². The van der Waals surface area contributed by atoms with E-state index >= 15 is 0 Å². The van der Waals surface area contributed by atoms with E-state index in [1.54, 1.807) is 16.4 Å². The molecule has 2 amide bonds. The maximum atomic E-state index is 12.8. The van der Waals surface area contributed by atoms with Crippen LogP contribution in [-0.4, -0.2) is 48.0 Å². The van der Waals surface area contributed by atoms with Crippen LogP contribution in [0.2, 0.25) is 0 Å². The Morgan fingerprint density at radius 2 is 1.62 bits per heavy atom. The van der Waals surface area contributed by atoms with Crippen molar-refractivity contribution in [3.05, 3.63) is 83.8 Å². The fourth-order valence-electron chi connectivity index (χ4n) is 3.93. The van der Waals surface area contributed by atoms with Crippen LogP contribution in [0.15, 0.2) is 66.7 Å². The first-order valence-corrected chi connectivity index (χ1v) is 11.5. The van der Waals surface area contributed by atoms with Gasteiger partial charge in [0.15, 0.2) is 18.1 Å². The highest BCUT2D eigenvalue weighted by Crippen LogP contribution is 2.27. The molecule has 5 aromatic rings. The molecule has 0 saturated heterocycles. The normalized spacial score (nSPS) is 10.9. The molecule has 37 heavy (non-hydrogen) atoms. The molecule has 0 fully saturated rings. The highest BCUT2D eigenvalue weighted by molar-refractivity contribution is 5.93. The van der Waals surface area contributed by atoms with Crippen LogP contribution in [0.25, 0.3) is 28.1 Å². The van der Waals surface area contributed by atoms with E-state index in [0.717, 1.165) is 27.9 Å². The lowest BCUT2D eigenvalue weighted by atomic mass is 10.2. The summed E-state index contributed by atoms with van der Waals surface area (Å²) in [5.74, 6) is -0.556. The summed E-state index contributed by atoms with van der Waals surface area (Å²) in [4.78, 5) is 34.1. The summed E-state index contributed by atoms with van der Waals surface area (Å²) in [6.45, 7) is 3.47. The highest BCUT2D eigenvalue weighted by Gasteiger charge is 2.20. The van der Waals surface area contributed by atoms with Crippen LogP contribution < -0.4 is 15.6 Å². The molecule has 2 N–H and O–H groups in total. The molecule has 0 bridgehead atoms. The smallest absolute Gasteiger partial charge is 0.309 e. The van der Waals surface area contributed by atoms with E-state index in [1.165, 1.54) is 0 Å². The van der Waals surface area contributed by atoms with Gasteiger partial charge in [-0.1, -0.05) is 48.5 Å². The summed E-state index contributed by atoms with van der Waals surface area (Å²) < 4.78 is 8.81. The highest BCUT2D eigenvalue weighted by atomic mass is 16.5. The van der Waals surface area contributed by atoms with Gasteiger partial charge in [-0.15, -0.1) is 10.2 Å². The lowest BCUT2D eigenvalue weighted by Crippen LogP contribution is -2.44. The summed E-state index contributed by atoms with van der Waals surface area (Å²) >= 11 is 0. The Labute approximate surface area is 212 Å². The molecule has 5 rings (SSSR count). The van der Waals surface area contributed by atoms with Crippen LogP contribution in [0.3, 0.4) is 0 Å². The number of nitrogens with one attached hydrogen (secondary N) is 2. The van der Waals surface area contributed by atoms with E-state index < -0.39 is 11.8 Å². The lowest BCUT2D eigenvalue weighted by Gasteiger charge is -2.07. The molecular weight excluding hydrogens is 472 g/mol. The molecular formula is C26H24N8O3. The van der Waals surface area contributed by atoms with Crippen LogP contribution in [0, 0.1) is 13.8 Å². The molecule has 0 unspecified atom stereocenters. The monoisotopic (exact) mass is 496 g/mol. The maximum absolute atomic E-state index is 12.8. The van der Waals surface area contributed by atoms with Crippen LogP contribution in [0.5, 0.6) is 5.88 Å². The van der Waals surface area contributed by atoms with Crippen molar-refractivity contribution >= 4 is 22.8 Å². The van der Waals surface area contributed by atoms with Crippen LogP contribution >= 0.6 is 0 Å². The van der Waals surface area contributed by atoms with E-state index in [2.05, 4.69) is 31.0 Å². The number of rotatable bonds is 6. The number of fused-ring (bicyclic) bond motifs is 1. The minimum absolute atomic E-state index is 0.100. The Bertz CT molecular complexity index is 1540. The minimum atomic E-state index is -0.668. The summed E-state index contributed by atoms with van der Waals surface area (Å²) in [7, 11) is 1.76. The van der Waals surface area contributed by atoms with Crippen molar-refractivity contribution in [3.8, 4) is 23.0 Å². The van der Waals surface area contributed by atoms with Gasteiger partial charge in [-0.05, 0) is 37.6 Å². The van der Waals surface area contributed by atoms with E-state index in [0.29, 0.717) is 17.4 Å². The molecule has 11 nitrogen and oxygen atoms in total. The SMILES string of the molecule is Cc1cc(C)c2c(OCC(=O)NNC(=O)c3nc(-c4ccccc4)n(-c4ccccc4)n3)nn(C)c2n1. The number of nitrogens with zero attached hydrogens (tertiary/aromatic N) is 6. The predicted octanol–water partition coefficient (Wildman–Crippen LogP) is 2.67. The molecule has 0 aliphatic carbocycles. The number of hydrogen-bond acceptors (Lipinski definition) is 7. The first-order chi connectivity index (χ1) is 17.9. The fourth-order valence-corrected chi connectivity index (χ4v) is 3.93. The molecule has 3 heterocycles. The number of aromatic nitrogens is 6. The number of para-hydroxylation sites is 1.